The molecule has 1 amide bonds. The predicted octanol–water partition coefficient (Wildman–Crippen LogP) is 4.89. The van der Waals surface area contributed by atoms with Crippen LogP contribution in [0.15, 0.2) is 42.6 Å². The van der Waals surface area contributed by atoms with Gasteiger partial charge in [0, 0.05) is 50.7 Å². The fraction of sp³-hybridized carbons (Fsp3) is 0.370. The summed E-state index contributed by atoms with van der Waals surface area (Å²) in [4.78, 5) is 24.6. The topological polar surface area (TPSA) is 94.7 Å². The molecule has 0 bridgehead atoms. The van der Waals surface area contributed by atoms with Crippen molar-refractivity contribution < 1.29 is 27.1 Å². The van der Waals surface area contributed by atoms with E-state index in [1.165, 1.54) is 18.1 Å². The molecule has 1 saturated heterocycles. The van der Waals surface area contributed by atoms with Crippen LogP contribution in [0.4, 0.5) is 46.4 Å². The summed E-state index contributed by atoms with van der Waals surface area (Å²) in [5.74, 6) is -0.616. The Morgan fingerprint density at radius 2 is 1.90 bits per heavy atom. The van der Waals surface area contributed by atoms with Gasteiger partial charge in [-0.15, -0.1) is 0 Å². The molecule has 13 heteroatoms. The Morgan fingerprint density at radius 1 is 1.12 bits per heavy atom. The van der Waals surface area contributed by atoms with E-state index < -0.39 is 36.2 Å². The van der Waals surface area contributed by atoms with Gasteiger partial charge in [0.1, 0.15) is 23.8 Å². The molecule has 3 heterocycles. The number of halogens is 4. The average molecular weight is 560 g/mol. The molecule has 1 atom stereocenters. The maximum atomic E-state index is 13.9. The monoisotopic (exact) mass is 559 g/mol. The number of nitrogens with one attached hydrogen (secondary N) is 3. The molecule has 0 aliphatic carbocycles. The van der Waals surface area contributed by atoms with E-state index in [1.807, 2.05) is 12.1 Å². The molecule has 0 spiro atoms. The Labute approximate surface area is 228 Å². The summed E-state index contributed by atoms with van der Waals surface area (Å²) in [5, 5.41) is 8.95. The van der Waals surface area contributed by atoms with Gasteiger partial charge in [-0.3, -0.25) is 4.79 Å². The standard InChI is InChI=1S/C27H29F4N7O2/c1-16-18-4-3-5-21(23(18)25(39)38(16)11-8-28)34-24-19(27(29,30)31)15-33-26(36-24)35-20-7-6-17(14-22(20)40-2)37-12-9-32-10-13-37/h3-7,14-16,32H,8-13H2,1-2H3,(H2,33,34,35,36). The number of fused-ring (bicyclic) bond motifs is 1. The number of methoxy groups -OCH3 is 1. The highest BCUT2D eigenvalue weighted by Crippen LogP contribution is 2.41. The minimum absolute atomic E-state index is 0.102. The SMILES string of the molecule is COc1cc(N2CCNCC2)ccc1Nc1ncc(C(F)(F)F)c(Nc2cccc3c2C(=O)N(CCF)C3C)n1. The Hall–Kier alpha value is -4.13. The van der Waals surface area contributed by atoms with Crippen LogP contribution in [-0.4, -0.2) is 67.3 Å². The number of rotatable bonds is 8. The van der Waals surface area contributed by atoms with E-state index in [4.69, 9.17) is 4.74 Å². The summed E-state index contributed by atoms with van der Waals surface area (Å²) in [7, 11) is 1.50. The van der Waals surface area contributed by atoms with Crippen molar-refractivity contribution >= 4 is 34.7 Å². The lowest BCUT2D eigenvalue weighted by Crippen LogP contribution is -2.43. The summed E-state index contributed by atoms with van der Waals surface area (Å²) in [6, 6.07) is 9.91. The van der Waals surface area contributed by atoms with Crippen molar-refractivity contribution in [3.8, 4) is 5.75 Å². The lowest BCUT2D eigenvalue weighted by Gasteiger charge is -2.30. The second kappa shape index (κ2) is 11.2. The fourth-order valence-electron chi connectivity index (χ4n) is 5.03. The van der Waals surface area contributed by atoms with Crippen LogP contribution in [0.2, 0.25) is 0 Å². The van der Waals surface area contributed by atoms with Gasteiger partial charge in [-0.2, -0.15) is 18.2 Å². The first-order chi connectivity index (χ1) is 19.2. The number of piperazine rings is 1. The molecule has 3 N–H and O–H groups in total. The third-order valence-electron chi connectivity index (χ3n) is 7.08. The van der Waals surface area contributed by atoms with Crippen LogP contribution in [-0.2, 0) is 6.18 Å². The highest BCUT2D eigenvalue weighted by Gasteiger charge is 2.38. The number of amides is 1. The smallest absolute Gasteiger partial charge is 0.421 e. The second-order valence-corrected chi connectivity index (χ2v) is 9.46. The molecular weight excluding hydrogens is 530 g/mol. The summed E-state index contributed by atoms with van der Waals surface area (Å²) < 4.78 is 60.4. The fourth-order valence-corrected chi connectivity index (χ4v) is 5.03. The highest BCUT2D eigenvalue weighted by molar-refractivity contribution is 6.04. The lowest BCUT2D eigenvalue weighted by atomic mass is 10.0. The molecule has 0 radical (unpaired) electrons. The molecule has 0 saturated carbocycles. The van der Waals surface area contributed by atoms with Gasteiger partial charge in [0.15, 0.2) is 0 Å². The zero-order valence-corrected chi connectivity index (χ0v) is 22.0. The molecular formula is C27H29F4N7O2. The molecule has 5 rings (SSSR count). The van der Waals surface area contributed by atoms with Crippen molar-refractivity contribution in [1.82, 2.24) is 20.2 Å². The largest absolute Gasteiger partial charge is 0.494 e. The number of benzene rings is 2. The second-order valence-electron chi connectivity index (χ2n) is 9.46. The maximum absolute atomic E-state index is 13.9. The third-order valence-corrected chi connectivity index (χ3v) is 7.08. The molecule has 1 aromatic heterocycles. The molecule has 40 heavy (non-hydrogen) atoms. The molecule has 1 unspecified atom stereocenters. The van der Waals surface area contributed by atoms with Crippen LogP contribution in [0, 0.1) is 0 Å². The van der Waals surface area contributed by atoms with E-state index >= 15 is 0 Å². The van der Waals surface area contributed by atoms with Crippen molar-refractivity contribution in [1.29, 1.82) is 0 Å². The Kier molecular flexibility index (Phi) is 7.66. The van der Waals surface area contributed by atoms with E-state index in [-0.39, 0.29) is 23.7 Å². The molecule has 9 nitrogen and oxygen atoms in total. The van der Waals surface area contributed by atoms with Crippen molar-refractivity contribution in [2.75, 3.05) is 62.0 Å². The number of aromatic nitrogens is 2. The summed E-state index contributed by atoms with van der Waals surface area (Å²) in [6.45, 7) is 4.30. The molecule has 212 valence electrons. The van der Waals surface area contributed by atoms with Gasteiger partial charge in [-0.25, -0.2) is 9.37 Å². The molecule has 3 aromatic rings. The van der Waals surface area contributed by atoms with Crippen LogP contribution in [0.3, 0.4) is 0 Å². The maximum Gasteiger partial charge on any atom is 0.421 e. The van der Waals surface area contributed by atoms with Gasteiger partial charge in [-0.1, -0.05) is 12.1 Å². The average Bonchev–Trinajstić information content (AvgIpc) is 3.19. The number of carbonyl (C=O) groups excluding carboxylic acids is 1. The summed E-state index contributed by atoms with van der Waals surface area (Å²) in [6.07, 6.45) is -4.08. The van der Waals surface area contributed by atoms with Crippen LogP contribution in [0.25, 0.3) is 0 Å². The van der Waals surface area contributed by atoms with E-state index in [9.17, 15) is 22.4 Å². The van der Waals surface area contributed by atoms with Gasteiger partial charge in [-0.05, 0) is 30.7 Å². The van der Waals surface area contributed by atoms with Crippen LogP contribution in [0.1, 0.15) is 34.5 Å². The predicted molar refractivity (Wildman–Crippen MR) is 144 cm³/mol. The number of anilines is 5. The number of hydrogen-bond donors (Lipinski definition) is 3. The minimum Gasteiger partial charge on any atom is -0.494 e. The van der Waals surface area contributed by atoms with Crippen molar-refractivity contribution in [3.63, 3.8) is 0 Å². The molecule has 1 fully saturated rings. The third kappa shape index (κ3) is 5.33. The van der Waals surface area contributed by atoms with E-state index in [2.05, 4.69) is 30.8 Å². The van der Waals surface area contributed by atoms with Crippen molar-refractivity contribution in [3.05, 3.63) is 59.3 Å². The number of nitrogens with zero attached hydrogens (tertiary/aromatic N) is 4. The van der Waals surface area contributed by atoms with E-state index in [0.717, 1.165) is 31.9 Å². The Bertz CT molecular complexity index is 1400. The number of alkyl halides is 4. The Morgan fingerprint density at radius 3 is 2.60 bits per heavy atom. The number of carbonyl (C=O) groups is 1. The van der Waals surface area contributed by atoms with Crippen molar-refractivity contribution in [2.24, 2.45) is 0 Å². The lowest BCUT2D eigenvalue weighted by molar-refractivity contribution is -0.137. The van der Waals surface area contributed by atoms with E-state index in [1.54, 1.807) is 25.1 Å². The van der Waals surface area contributed by atoms with Gasteiger partial charge in [0.25, 0.3) is 5.91 Å². The van der Waals surface area contributed by atoms with E-state index in [0.29, 0.717) is 23.2 Å². The van der Waals surface area contributed by atoms with Gasteiger partial charge in [0.05, 0.1) is 30.1 Å². The number of hydrogen-bond acceptors (Lipinski definition) is 8. The highest BCUT2D eigenvalue weighted by atomic mass is 19.4. The first-order valence-corrected chi connectivity index (χ1v) is 12.8. The quantitative estimate of drug-likeness (QED) is 0.336. The van der Waals surface area contributed by atoms with Crippen LogP contribution < -0.4 is 25.6 Å². The first-order valence-electron chi connectivity index (χ1n) is 12.8. The van der Waals surface area contributed by atoms with Gasteiger partial charge < -0.3 is 30.5 Å². The normalized spacial score (nSPS) is 17.1. The van der Waals surface area contributed by atoms with Gasteiger partial charge in [0.2, 0.25) is 5.95 Å². The Balaban J connectivity index is 1.47. The molecule has 2 aromatic carbocycles. The zero-order chi connectivity index (χ0) is 28.4. The first kappa shape index (κ1) is 27.4. The summed E-state index contributed by atoms with van der Waals surface area (Å²) >= 11 is 0. The number of ether oxygens (including phenoxy) is 1. The van der Waals surface area contributed by atoms with Crippen LogP contribution in [0.5, 0.6) is 5.75 Å². The van der Waals surface area contributed by atoms with Crippen LogP contribution >= 0.6 is 0 Å². The zero-order valence-electron chi connectivity index (χ0n) is 22.0. The van der Waals surface area contributed by atoms with Crippen molar-refractivity contribution in [2.45, 2.75) is 19.1 Å². The van der Waals surface area contributed by atoms with Gasteiger partial charge >= 0.3 is 6.18 Å². The molecule has 2 aliphatic rings. The molecule has 2 aliphatic heterocycles. The minimum atomic E-state index is -4.76. The summed E-state index contributed by atoms with van der Waals surface area (Å²) in [5.41, 5.74) is 1.25.